The van der Waals surface area contributed by atoms with Crippen LogP contribution >= 0.6 is 0 Å². The Kier molecular flexibility index (Phi) is 5.84. The second-order valence-electron chi connectivity index (χ2n) is 3.93. The van der Waals surface area contributed by atoms with Crippen LogP contribution in [0.5, 0.6) is 0 Å². The first-order valence-corrected chi connectivity index (χ1v) is 6.72. The van der Waals surface area contributed by atoms with Crippen LogP contribution < -0.4 is 0 Å². The number of carboxylic acids is 2. The smallest absolute Gasteiger partial charge is 0.335 e. The summed E-state index contributed by atoms with van der Waals surface area (Å²) in [7, 11) is -1.48. The molecule has 0 saturated carbocycles. The van der Waals surface area contributed by atoms with Crippen molar-refractivity contribution in [2.75, 3.05) is 0 Å². The van der Waals surface area contributed by atoms with Gasteiger partial charge in [0.1, 0.15) is 0 Å². The van der Waals surface area contributed by atoms with Gasteiger partial charge in [-0.25, -0.2) is 13.8 Å². The molecular weight excluding hydrogens is 335 g/mol. The van der Waals surface area contributed by atoms with Gasteiger partial charge in [-0.3, -0.25) is 0 Å². The summed E-state index contributed by atoms with van der Waals surface area (Å²) in [5.41, 5.74) is 0.235. The molecule has 0 atom stereocenters. The molecule has 0 heterocycles. The monoisotopic (exact) mass is 345 g/mol. The fourth-order valence-corrected chi connectivity index (χ4v) is 2.62. The Morgan fingerprint density at radius 1 is 0.714 bits per heavy atom. The molecule has 2 aromatic rings. The Labute approximate surface area is 133 Å². The second-order valence-corrected chi connectivity index (χ2v) is 5.41. The fraction of sp³-hybridized carbons (Fsp3) is 0. The molecule has 21 heavy (non-hydrogen) atoms. The van der Waals surface area contributed by atoms with Crippen molar-refractivity contribution in [2.45, 2.75) is 9.79 Å². The minimum Gasteiger partial charge on any atom is -0.478 e. The van der Waals surface area contributed by atoms with Gasteiger partial charge in [0.25, 0.3) is 0 Å². The topological polar surface area (TPSA) is 91.7 Å². The van der Waals surface area contributed by atoms with E-state index in [9.17, 15) is 13.8 Å². The summed E-state index contributed by atoms with van der Waals surface area (Å²) in [6, 6.07) is 11.4. The van der Waals surface area contributed by atoms with E-state index in [4.69, 9.17) is 10.2 Å². The predicted octanol–water partition coefficient (Wildman–Crippen LogP) is 2.25. The molecule has 7 heteroatoms. The quantitative estimate of drug-likeness (QED) is 0.830. The molecule has 0 aromatic heterocycles. The van der Waals surface area contributed by atoms with Crippen molar-refractivity contribution in [1.29, 1.82) is 0 Å². The van der Waals surface area contributed by atoms with Crippen molar-refractivity contribution < 1.29 is 41.1 Å². The number of hydrogen-bond donors (Lipinski definition) is 2. The van der Waals surface area contributed by atoms with Gasteiger partial charge in [0, 0.05) is 26.9 Å². The first kappa shape index (κ1) is 17.1. The normalized spacial score (nSPS) is 9.95. The summed E-state index contributed by atoms with van der Waals surface area (Å²) in [6.07, 6.45) is 0. The molecule has 0 spiro atoms. The largest absolute Gasteiger partial charge is 0.478 e. The summed E-state index contributed by atoms with van der Waals surface area (Å²) in [5, 5.41) is 17.6. The SMILES string of the molecule is O=C(O)c1ccc(S(=O)c2ccc(C(=O)O)cc2)cc1.[Mn]. The van der Waals surface area contributed by atoms with Crippen molar-refractivity contribution in [3.63, 3.8) is 0 Å². The van der Waals surface area contributed by atoms with Gasteiger partial charge < -0.3 is 10.2 Å². The van der Waals surface area contributed by atoms with E-state index in [0.717, 1.165) is 0 Å². The van der Waals surface area contributed by atoms with E-state index < -0.39 is 22.7 Å². The van der Waals surface area contributed by atoms with Crippen LogP contribution in [0, 0.1) is 0 Å². The standard InChI is InChI=1S/C14H10O5S.Mn/c15-13(16)9-1-5-11(6-2-9)20(19)12-7-3-10(4-8-12)14(17)18;/h1-8H,(H,15,16)(H,17,18);. The van der Waals surface area contributed by atoms with Crippen LogP contribution in [-0.2, 0) is 27.9 Å². The molecule has 2 aromatic carbocycles. The van der Waals surface area contributed by atoms with Crippen LogP contribution in [0.2, 0.25) is 0 Å². The first-order valence-electron chi connectivity index (χ1n) is 5.57. The Balaban J connectivity index is 0.00000220. The first-order chi connectivity index (χ1) is 9.49. The molecule has 0 aliphatic heterocycles. The summed E-state index contributed by atoms with van der Waals surface area (Å²) < 4.78 is 12.2. The van der Waals surface area contributed by atoms with Crippen molar-refractivity contribution >= 4 is 22.7 Å². The molecule has 0 fully saturated rings. The zero-order chi connectivity index (χ0) is 14.7. The maximum atomic E-state index is 12.2. The van der Waals surface area contributed by atoms with Gasteiger partial charge in [-0.05, 0) is 48.5 Å². The van der Waals surface area contributed by atoms with Gasteiger partial charge in [-0.15, -0.1) is 0 Å². The molecule has 0 aliphatic rings. The number of aromatic carboxylic acids is 2. The van der Waals surface area contributed by atoms with E-state index in [2.05, 4.69) is 0 Å². The van der Waals surface area contributed by atoms with E-state index in [1.807, 2.05) is 0 Å². The molecule has 0 unspecified atom stereocenters. The van der Waals surface area contributed by atoms with Crippen molar-refractivity contribution in [3.8, 4) is 0 Å². The zero-order valence-corrected chi connectivity index (χ0v) is 12.5. The van der Waals surface area contributed by atoms with Crippen LogP contribution in [0.25, 0.3) is 0 Å². The van der Waals surface area contributed by atoms with Gasteiger partial charge in [0.2, 0.25) is 0 Å². The van der Waals surface area contributed by atoms with Crippen LogP contribution in [0.4, 0.5) is 0 Å². The summed E-state index contributed by atoms with van der Waals surface area (Å²) in [4.78, 5) is 22.4. The average Bonchev–Trinajstić information content (AvgIpc) is 2.46. The number of rotatable bonds is 4. The van der Waals surface area contributed by atoms with Gasteiger partial charge in [-0.2, -0.15) is 0 Å². The minimum atomic E-state index is -1.48. The average molecular weight is 345 g/mol. The Hall–Kier alpha value is -1.95. The Morgan fingerprint density at radius 2 is 1.00 bits per heavy atom. The van der Waals surface area contributed by atoms with Crippen LogP contribution in [0.1, 0.15) is 20.7 Å². The third kappa shape index (κ3) is 4.01. The van der Waals surface area contributed by atoms with Gasteiger partial charge >= 0.3 is 11.9 Å². The fourth-order valence-electron chi connectivity index (χ4n) is 1.58. The third-order valence-corrected chi connectivity index (χ3v) is 4.03. The molecule has 0 amide bonds. The van der Waals surface area contributed by atoms with Gasteiger partial charge in [0.05, 0.1) is 21.9 Å². The van der Waals surface area contributed by atoms with E-state index in [1.165, 1.54) is 48.5 Å². The van der Waals surface area contributed by atoms with E-state index >= 15 is 0 Å². The number of benzene rings is 2. The predicted molar refractivity (Wildman–Crippen MR) is 71.5 cm³/mol. The number of carbonyl (C=O) groups is 2. The molecule has 109 valence electrons. The molecule has 0 saturated heterocycles. The van der Waals surface area contributed by atoms with Crippen LogP contribution in [-0.4, -0.2) is 26.4 Å². The van der Waals surface area contributed by atoms with Crippen LogP contribution in [0.15, 0.2) is 58.3 Å². The van der Waals surface area contributed by atoms with E-state index in [-0.39, 0.29) is 28.2 Å². The molecule has 0 bridgehead atoms. The molecular formula is C14H10MnO5S. The molecule has 5 nitrogen and oxygen atoms in total. The Morgan fingerprint density at radius 3 is 1.24 bits per heavy atom. The molecule has 2 N–H and O–H groups in total. The van der Waals surface area contributed by atoms with Crippen LogP contribution in [0.3, 0.4) is 0 Å². The van der Waals surface area contributed by atoms with Crippen molar-refractivity contribution in [1.82, 2.24) is 0 Å². The molecule has 0 aliphatic carbocycles. The third-order valence-electron chi connectivity index (χ3n) is 2.63. The summed E-state index contributed by atoms with van der Waals surface area (Å²) in [5.74, 6) is -2.10. The maximum Gasteiger partial charge on any atom is 0.335 e. The van der Waals surface area contributed by atoms with E-state index in [1.54, 1.807) is 0 Å². The zero-order valence-electron chi connectivity index (χ0n) is 10.5. The van der Waals surface area contributed by atoms with Crippen molar-refractivity contribution in [2.24, 2.45) is 0 Å². The number of hydrogen-bond acceptors (Lipinski definition) is 3. The Bertz CT molecular complexity index is 620. The van der Waals surface area contributed by atoms with Gasteiger partial charge in [-0.1, -0.05) is 0 Å². The maximum absolute atomic E-state index is 12.2. The summed E-state index contributed by atoms with van der Waals surface area (Å²) >= 11 is 0. The van der Waals surface area contributed by atoms with Crippen molar-refractivity contribution in [3.05, 3.63) is 59.7 Å². The second kappa shape index (κ2) is 7.17. The number of carboxylic acid groups (broad SMARTS) is 2. The van der Waals surface area contributed by atoms with Gasteiger partial charge in [0.15, 0.2) is 0 Å². The minimum absolute atomic E-state index is 0. The molecule has 1 radical (unpaired) electrons. The van der Waals surface area contributed by atoms with E-state index in [0.29, 0.717) is 9.79 Å². The molecule has 2 rings (SSSR count). The summed E-state index contributed by atoms with van der Waals surface area (Å²) in [6.45, 7) is 0.